The Morgan fingerprint density at radius 2 is 2.54 bits per heavy atom. The Labute approximate surface area is 77.8 Å². The van der Waals surface area contributed by atoms with Gasteiger partial charge >= 0.3 is 0 Å². The van der Waals surface area contributed by atoms with Crippen LogP contribution in [0.25, 0.3) is 0 Å². The minimum Gasteiger partial charge on any atom is -0.356 e. The SMILES string of the molecule is CCCC(=O)NCCc1cnc[nH]1. The minimum atomic E-state index is 0.127. The van der Waals surface area contributed by atoms with Gasteiger partial charge in [-0.2, -0.15) is 0 Å². The first-order valence-electron chi connectivity index (χ1n) is 4.57. The first-order chi connectivity index (χ1) is 6.33. The first-order valence-corrected chi connectivity index (χ1v) is 4.57. The van der Waals surface area contributed by atoms with E-state index in [1.54, 1.807) is 12.5 Å². The molecule has 4 nitrogen and oxygen atoms in total. The average molecular weight is 181 g/mol. The van der Waals surface area contributed by atoms with Gasteiger partial charge in [-0.05, 0) is 6.42 Å². The van der Waals surface area contributed by atoms with Crippen molar-refractivity contribution in [3.8, 4) is 0 Å². The van der Waals surface area contributed by atoms with Crippen LogP contribution in [0.4, 0.5) is 0 Å². The lowest BCUT2D eigenvalue weighted by molar-refractivity contribution is -0.121. The van der Waals surface area contributed by atoms with Crippen molar-refractivity contribution < 1.29 is 4.79 Å². The molecule has 0 fully saturated rings. The minimum absolute atomic E-state index is 0.127. The number of carbonyl (C=O) groups excluding carboxylic acids is 1. The molecular formula is C9H15N3O. The number of rotatable bonds is 5. The molecule has 0 aliphatic carbocycles. The molecule has 2 N–H and O–H groups in total. The molecule has 0 bridgehead atoms. The summed E-state index contributed by atoms with van der Waals surface area (Å²) < 4.78 is 0. The Hall–Kier alpha value is -1.32. The summed E-state index contributed by atoms with van der Waals surface area (Å²) in [5, 5.41) is 2.84. The highest BCUT2D eigenvalue weighted by atomic mass is 16.1. The molecule has 0 radical (unpaired) electrons. The highest BCUT2D eigenvalue weighted by Gasteiger charge is 1.98. The first kappa shape index (κ1) is 9.77. The zero-order valence-corrected chi connectivity index (χ0v) is 7.84. The molecule has 0 unspecified atom stereocenters. The fourth-order valence-electron chi connectivity index (χ4n) is 1.07. The monoisotopic (exact) mass is 181 g/mol. The number of H-pyrrole nitrogens is 1. The summed E-state index contributed by atoms with van der Waals surface area (Å²) >= 11 is 0. The summed E-state index contributed by atoms with van der Waals surface area (Å²) in [5.41, 5.74) is 1.05. The summed E-state index contributed by atoms with van der Waals surface area (Å²) in [6, 6.07) is 0. The van der Waals surface area contributed by atoms with Gasteiger partial charge in [-0.25, -0.2) is 4.98 Å². The number of hydrogen-bond acceptors (Lipinski definition) is 2. The van der Waals surface area contributed by atoms with Gasteiger partial charge in [-0.1, -0.05) is 6.92 Å². The second kappa shape index (κ2) is 5.35. The molecule has 13 heavy (non-hydrogen) atoms. The molecule has 0 aliphatic rings. The van der Waals surface area contributed by atoms with Crippen LogP contribution in [0, 0.1) is 0 Å². The molecule has 0 spiro atoms. The fourth-order valence-corrected chi connectivity index (χ4v) is 1.07. The Morgan fingerprint density at radius 3 is 3.15 bits per heavy atom. The van der Waals surface area contributed by atoms with Crippen molar-refractivity contribution in [2.75, 3.05) is 6.54 Å². The summed E-state index contributed by atoms with van der Waals surface area (Å²) in [7, 11) is 0. The topological polar surface area (TPSA) is 57.8 Å². The Kier molecular flexibility index (Phi) is 4.02. The van der Waals surface area contributed by atoms with Crippen LogP contribution in [0.15, 0.2) is 12.5 Å². The maximum atomic E-state index is 11.0. The third-order valence-corrected chi connectivity index (χ3v) is 1.75. The lowest BCUT2D eigenvalue weighted by atomic mass is 10.3. The molecule has 4 heteroatoms. The largest absolute Gasteiger partial charge is 0.356 e. The van der Waals surface area contributed by atoms with E-state index in [0.29, 0.717) is 13.0 Å². The van der Waals surface area contributed by atoms with Crippen molar-refractivity contribution in [1.29, 1.82) is 0 Å². The van der Waals surface area contributed by atoms with E-state index in [0.717, 1.165) is 18.5 Å². The summed E-state index contributed by atoms with van der Waals surface area (Å²) in [4.78, 5) is 17.9. The summed E-state index contributed by atoms with van der Waals surface area (Å²) in [6.07, 6.45) is 5.74. The van der Waals surface area contributed by atoms with Gasteiger partial charge < -0.3 is 10.3 Å². The maximum absolute atomic E-state index is 11.0. The van der Waals surface area contributed by atoms with Crippen LogP contribution < -0.4 is 5.32 Å². The standard InChI is InChI=1S/C9H15N3O/c1-2-3-9(13)11-5-4-8-6-10-7-12-8/h6-7H,2-5H2,1H3,(H,10,12)(H,11,13). The number of aromatic amines is 1. The molecule has 72 valence electrons. The van der Waals surface area contributed by atoms with Crippen molar-refractivity contribution >= 4 is 5.91 Å². The van der Waals surface area contributed by atoms with E-state index in [-0.39, 0.29) is 5.91 Å². The third kappa shape index (κ3) is 3.73. The fraction of sp³-hybridized carbons (Fsp3) is 0.556. The van der Waals surface area contributed by atoms with E-state index in [9.17, 15) is 4.79 Å². The van der Waals surface area contributed by atoms with E-state index in [4.69, 9.17) is 0 Å². The van der Waals surface area contributed by atoms with Gasteiger partial charge in [0.05, 0.1) is 6.33 Å². The predicted molar refractivity (Wildman–Crippen MR) is 50.2 cm³/mol. The highest BCUT2D eigenvalue weighted by Crippen LogP contribution is 1.91. The predicted octanol–water partition coefficient (Wildman–Crippen LogP) is 0.869. The molecule has 0 aromatic carbocycles. The number of hydrogen-bond donors (Lipinski definition) is 2. The number of nitrogens with one attached hydrogen (secondary N) is 2. The lowest BCUT2D eigenvalue weighted by Gasteiger charge is -2.01. The average Bonchev–Trinajstić information content (AvgIpc) is 2.57. The molecule has 1 rings (SSSR count). The van der Waals surface area contributed by atoms with Crippen molar-refractivity contribution in [1.82, 2.24) is 15.3 Å². The van der Waals surface area contributed by atoms with Crippen molar-refractivity contribution in [3.05, 3.63) is 18.2 Å². The normalized spacial score (nSPS) is 9.92. The van der Waals surface area contributed by atoms with E-state index in [2.05, 4.69) is 15.3 Å². The van der Waals surface area contributed by atoms with Gasteiger partial charge in [-0.15, -0.1) is 0 Å². The van der Waals surface area contributed by atoms with Gasteiger partial charge in [0.15, 0.2) is 0 Å². The van der Waals surface area contributed by atoms with Crippen LogP contribution in [-0.4, -0.2) is 22.4 Å². The quantitative estimate of drug-likeness (QED) is 0.708. The summed E-state index contributed by atoms with van der Waals surface area (Å²) in [6.45, 7) is 2.68. The Balaban J connectivity index is 2.11. The second-order valence-electron chi connectivity index (χ2n) is 2.93. The Bertz CT molecular complexity index is 243. The smallest absolute Gasteiger partial charge is 0.219 e. The maximum Gasteiger partial charge on any atom is 0.219 e. The van der Waals surface area contributed by atoms with E-state index < -0.39 is 0 Å². The highest BCUT2D eigenvalue weighted by molar-refractivity contribution is 5.75. The Morgan fingerprint density at radius 1 is 1.69 bits per heavy atom. The number of carbonyl (C=O) groups is 1. The summed E-state index contributed by atoms with van der Waals surface area (Å²) in [5.74, 6) is 0.127. The second-order valence-corrected chi connectivity index (χ2v) is 2.93. The van der Waals surface area contributed by atoms with Crippen LogP contribution in [0.1, 0.15) is 25.5 Å². The van der Waals surface area contributed by atoms with Gasteiger partial charge in [0.1, 0.15) is 0 Å². The zero-order chi connectivity index (χ0) is 9.52. The van der Waals surface area contributed by atoms with Gasteiger partial charge in [-0.3, -0.25) is 4.79 Å². The van der Waals surface area contributed by atoms with E-state index in [1.165, 1.54) is 0 Å². The molecule has 1 amide bonds. The molecule has 1 aromatic rings. The number of imidazole rings is 1. The number of nitrogens with zero attached hydrogens (tertiary/aromatic N) is 1. The lowest BCUT2D eigenvalue weighted by Crippen LogP contribution is -2.25. The van der Waals surface area contributed by atoms with Gasteiger partial charge in [0.2, 0.25) is 5.91 Å². The van der Waals surface area contributed by atoms with Crippen LogP contribution in [0.2, 0.25) is 0 Å². The zero-order valence-electron chi connectivity index (χ0n) is 7.84. The van der Waals surface area contributed by atoms with Crippen LogP contribution >= 0.6 is 0 Å². The third-order valence-electron chi connectivity index (χ3n) is 1.75. The molecule has 0 aliphatic heterocycles. The number of aromatic nitrogens is 2. The van der Waals surface area contributed by atoms with Crippen LogP contribution in [0.3, 0.4) is 0 Å². The van der Waals surface area contributed by atoms with Crippen LogP contribution in [0.5, 0.6) is 0 Å². The molecule has 0 atom stereocenters. The van der Waals surface area contributed by atoms with Gasteiger partial charge in [0, 0.05) is 31.3 Å². The van der Waals surface area contributed by atoms with E-state index >= 15 is 0 Å². The van der Waals surface area contributed by atoms with E-state index in [1.807, 2.05) is 6.92 Å². The van der Waals surface area contributed by atoms with Crippen molar-refractivity contribution in [2.45, 2.75) is 26.2 Å². The molecule has 0 saturated carbocycles. The molecule has 1 aromatic heterocycles. The molecule has 0 saturated heterocycles. The van der Waals surface area contributed by atoms with Gasteiger partial charge in [0.25, 0.3) is 0 Å². The molecule has 1 heterocycles. The van der Waals surface area contributed by atoms with Crippen molar-refractivity contribution in [3.63, 3.8) is 0 Å². The molecular weight excluding hydrogens is 166 g/mol. The van der Waals surface area contributed by atoms with Crippen LogP contribution in [-0.2, 0) is 11.2 Å². The van der Waals surface area contributed by atoms with Crippen molar-refractivity contribution in [2.24, 2.45) is 0 Å². The number of amides is 1.